The summed E-state index contributed by atoms with van der Waals surface area (Å²) in [4.78, 5) is 4.77. The van der Waals surface area contributed by atoms with E-state index >= 15 is 0 Å². The molecule has 0 atom stereocenters. The van der Waals surface area contributed by atoms with E-state index in [1.165, 1.54) is 29.3 Å². The average Bonchev–Trinajstić information content (AvgIpc) is 3.53. The summed E-state index contributed by atoms with van der Waals surface area (Å²) in [6.07, 6.45) is 12.2. The van der Waals surface area contributed by atoms with Crippen molar-refractivity contribution in [3.63, 3.8) is 0 Å². The van der Waals surface area contributed by atoms with Crippen LogP contribution >= 0.6 is 0 Å². The van der Waals surface area contributed by atoms with E-state index < -0.39 is 0 Å². The van der Waals surface area contributed by atoms with Gasteiger partial charge in [0.15, 0.2) is 0 Å². The number of imidazole rings is 1. The number of aromatic nitrogens is 7. The number of hydrogen-bond donors (Lipinski definition) is 2. The second-order valence-electron chi connectivity index (χ2n) is 8.77. The Morgan fingerprint density at radius 1 is 1.18 bits per heavy atom. The molecule has 1 aliphatic carbocycles. The molecule has 9 heteroatoms. The van der Waals surface area contributed by atoms with Crippen LogP contribution in [0.2, 0.25) is 5.82 Å². The molecule has 0 aliphatic heterocycles. The van der Waals surface area contributed by atoms with Crippen molar-refractivity contribution < 1.29 is 0 Å². The van der Waals surface area contributed by atoms with Crippen LogP contribution in [0.5, 0.6) is 0 Å². The minimum absolute atomic E-state index is 0.395. The van der Waals surface area contributed by atoms with Crippen molar-refractivity contribution >= 4 is 36.0 Å². The molecule has 33 heavy (non-hydrogen) atoms. The Kier molecular flexibility index (Phi) is 5.46. The molecule has 1 fully saturated rings. The third-order valence-corrected chi connectivity index (χ3v) is 7.94. The number of rotatable bonds is 8. The van der Waals surface area contributed by atoms with E-state index in [2.05, 4.69) is 72.7 Å². The molecule has 1 saturated carbocycles. The number of benzene rings is 1. The Morgan fingerprint density at radius 3 is 2.97 bits per heavy atom. The van der Waals surface area contributed by atoms with Crippen LogP contribution in [0, 0.1) is 5.92 Å². The first-order chi connectivity index (χ1) is 16.2. The molecule has 8 nitrogen and oxygen atoms in total. The molecular weight excluding hydrogens is 479 g/mol. The maximum atomic E-state index is 4.77. The second-order valence-corrected chi connectivity index (χ2v) is 10.6. The fraction of sp³-hybridized carbons (Fsp3) is 0.333. The van der Waals surface area contributed by atoms with Crippen LogP contribution in [0.1, 0.15) is 30.5 Å². The monoisotopic (exact) mass is 506 g/mol. The van der Waals surface area contributed by atoms with Crippen molar-refractivity contribution in [1.82, 2.24) is 39.9 Å². The van der Waals surface area contributed by atoms with Crippen LogP contribution in [0.15, 0.2) is 49.1 Å². The zero-order chi connectivity index (χ0) is 22.2. The third-order valence-electron chi connectivity index (χ3n) is 6.46. The van der Waals surface area contributed by atoms with Gasteiger partial charge < -0.3 is 5.32 Å². The molecule has 1 aromatic carbocycles. The van der Waals surface area contributed by atoms with Gasteiger partial charge in [-0.1, -0.05) is 6.42 Å². The Hall–Kier alpha value is -3.00. The molecule has 1 aliphatic rings. The topological polar surface area (TPSA) is 88.7 Å². The van der Waals surface area contributed by atoms with Gasteiger partial charge in [0.1, 0.15) is 0 Å². The van der Waals surface area contributed by atoms with Gasteiger partial charge in [-0.05, 0) is 25.3 Å². The van der Waals surface area contributed by atoms with Crippen LogP contribution in [0.25, 0.3) is 27.8 Å². The Balaban J connectivity index is 1.19. The normalized spacial score (nSPS) is 14.3. The van der Waals surface area contributed by atoms with Crippen LogP contribution in [0.3, 0.4) is 0 Å². The van der Waals surface area contributed by atoms with E-state index in [0.29, 0.717) is 21.5 Å². The summed E-state index contributed by atoms with van der Waals surface area (Å²) in [7, 11) is 0. The molecule has 4 heterocycles. The molecule has 2 N–H and O–H groups in total. The fourth-order valence-electron chi connectivity index (χ4n) is 4.41. The molecule has 0 radical (unpaired) electrons. The first-order valence-electron chi connectivity index (χ1n) is 11.3. The first-order valence-corrected chi connectivity index (χ1v) is 13.9. The van der Waals surface area contributed by atoms with Crippen molar-refractivity contribution in [3.8, 4) is 11.3 Å². The maximum absolute atomic E-state index is 4.77. The van der Waals surface area contributed by atoms with Gasteiger partial charge >= 0.3 is 154 Å². The number of nitrogens with zero attached hydrogens (tertiary/aromatic N) is 6. The van der Waals surface area contributed by atoms with E-state index in [4.69, 9.17) is 4.98 Å². The third kappa shape index (κ3) is 4.19. The van der Waals surface area contributed by atoms with E-state index in [9.17, 15) is 0 Å². The van der Waals surface area contributed by atoms with Crippen LogP contribution in [-0.4, -0.2) is 56.1 Å². The number of aromatic amines is 1. The van der Waals surface area contributed by atoms with Gasteiger partial charge in [-0.2, -0.15) is 0 Å². The SMILES string of the molecule is C[Se]c1cc(-c2cn(Cc3cn4cc(CNCC5CCC5)ccc4n3)nn2)c2cn[nH]c2c1. The molecule has 0 unspecified atom stereocenters. The Labute approximate surface area is 198 Å². The predicted octanol–water partition coefficient (Wildman–Crippen LogP) is 2.78. The van der Waals surface area contributed by atoms with Gasteiger partial charge in [-0.25, -0.2) is 0 Å². The van der Waals surface area contributed by atoms with Crippen LogP contribution in [-0.2, 0) is 13.1 Å². The van der Waals surface area contributed by atoms with Gasteiger partial charge in [-0.15, -0.1) is 0 Å². The molecule has 4 aromatic heterocycles. The first kappa shape index (κ1) is 20.6. The molecule has 0 saturated heterocycles. The molecule has 0 amide bonds. The summed E-state index contributed by atoms with van der Waals surface area (Å²) in [6.45, 7) is 2.60. The molecule has 0 bridgehead atoms. The summed E-state index contributed by atoms with van der Waals surface area (Å²) < 4.78 is 5.27. The van der Waals surface area contributed by atoms with E-state index in [-0.39, 0.29) is 0 Å². The van der Waals surface area contributed by atoms with Crippen LogP contribution in [0.4, 0.5) is 0 Å². The number of hydrogen-bond acceptors (Lipinski definition) is 5. The van der Waals surface area contributed by atoms with Crippen LogP contribution < -0.4 is 9.78 Å². The zero-order valence-corrected chi connectivity index (χ0v) is 20.2. The molecule has 5 aromatic rings. The summed E-state index contributed by atoms with van der Waals surface area (Å²) in [5, 5.41) is 20.8. The Morgan fingerprint density at radius 2 is 2.12 bits per heavy atom. The second kappa shape index (κ2) is 8.74. The van der Waals surface area contributed by atoms with Gasteiger partial charge in [0.2, 0.25) is 0 Å². The van der Waals surface area contributed by atoms with Gasteiger partial charge in [0, 0.05) is 6.54 Å². The van der Waals surface area contributed by atoms with Crippen molar-refractivity contribution in [2.45, 2.75) is 38.2 Å². The minimum atomic E-state index is 0.395. The van der Waals surface area contributed by atoms with Gasteiger partial charge in [0.25, 0.3) is 0 Å². The molecular formula is C24H26N8Se. The molecule has 6 rings (SSSR count). The fourth-order valence-corrected chi connectivity index (χ4v) is 5.40. The molecule has 168 valence electrons. The van der Waals surface area contributed by atoms with Crippen molar-refractivity contribution in [2.24, 2.45) is 5.92 Å². The summed E-state index contributed by atoms with van der Waals surface area (Å²) >= 11 is 0.395. The standard InChI is InChI=1S/C24H26N8Se/c1-33-19-7-20(21-11-26-28-22(21)8-19)23-15-32(30-29-23)14-18-13-31-12-17(5-6-24(31)27-18)10-25-9-16-3-2-4-16/h5-8,11-13,15-16,25H,2-4,9-10,14H2,1H3,(H,26,28). The van der Waals surface area contributed by atoms with E-state index in [1.807, 2.05) is 17.1 Å². The Bertz CT molecular complexity index is 1410. The summed E-state index contributed by atoms with van der Waals surface area (Å²) in [5.41, 5.74) is 6.15. The number of fused-ring (bicyclic) bond motifs is 2. The molecule has 0 spiro atoms. The average molecular weight is 505 g/mol. The van der Waals surface area contributed by atoms with Gasteiger partial charge in [-0.3, -0.25) is 0 Å². The van der Waals surface area contributed by atoms with Crippen molar-refractivity contribution in [2.75, 3.05) is 6.54 Å². The van der Waals surface area contributed by atoms with E-state index in [0.717, 1.165) is 52.5 Å². The van der Waals surface area contributed by atoms with Crippen molar-refractivity contribution in [3.05, 3.63) is 60.3 Å². The summed E-state index contributed by atoms with van der Waals surface area (Å²) in [5.74, 6) is 3.08. The van der Waals surface area contributed by atoms with Gasteiger partial charge in [0.05, 0.1) is 0 Å². The number of H-pyrrole nitrogens is 1. The summed E-state index contributed by atoms with van der Waals surface area (Å²) in [6, 6.07) is 8.62. The van der Waals surface area contributed by atoms with E-state index in [1.54, 1.807) is 0 Å². The number of pyridine rings is 1. The predicted molar refractivity (Wildman–Crippen MR) is 130 cm³/mol. The number of nitrogens with one attached hydrogen (secondary N) is 2. The zero-order valence-electron chi connectivity index (χ0n) is 18.5. The quantitative estimate of drug-likeness (QED) is 0.317. The van der Waals surface area contributed by atoms with Crippen molar-refractivity contribution in [1.29, 1.82) is 0 Å².